The van der Waals surface area contributed by atoms with Gasteiger partial charge in [0, 0.05) is 19.0 Å². The molecule has 0 radical (unpaired) electrons. The van der Waals surface area contributed by atoms with E-state index in [9.17, 15) is 0 Å². The minimum atomic E-state index is 0.124. The lowest BCUT2D eigenvalue weighted by atomic mass is 10.1. The van der Waals surface area contributed by atoms with Crippen LogP contribution in [0.15, 0.2) is 6.33 Å². The first kappa shape index (κ1) is 7.73. The van der Waals surface area contributed by atoms with Gasteiger partial charge in [0.25, 0.3) is 0 Å². The third-order valence-corrected chi connectivity index (χ3v) is 2.39. The van der Waals surface area contributed by atoms with Gasteiger partial charge >= 0.3 is 0 Å². The number of rotatable bonds is 3. The molecule has 0 aromatic carbocycles. The van der Waals surface area contributed by atoms with E-state index in [2.05, 4.69) is 10.1 Å². The zero-order valence-corrected chi connectivity index (χ0v) is 7.32. The van der Waals surface area contributed by atoms with Gasteiger partial charge in [-0.25, -0.2) is 4.98 Å². The summed E-state index contributed by atoms with van der Waals surface area (Å²) in [6.45, 7) is 0. The van der Waals surface area contributed by atoms with Gasteiger partial charge in [-0.15, -0.1) is 0 Å². The molecular weight excluding hydrogens is 152 g/mol. The Bertz CT molecular complexity index is 274. The largest absolute Gasteiger partial charge is 0.325 e. The van der Waals surface area contributed by atoms with Crippen LogP contribution in [0.2, 0.25) is 0 Å². The molecule has 12 heavy (non-hydrogen) atoms. The van der Waals surface area contributed by atoms with Crippen LogP contribution in [0.3, 0.4) is 0 Å². The van der Waals surface area contributed by atoms with Crippen LogP contribution >= 0.6 is 0 Å². The zero-order valence-electron chi connectivity index (χ0n) is 7.32. The minimum absolute atomic E-state index is 0.124. The van der Waals surface area contributed by atoms with Crippen molar-refractivity contribution < 1.29 is 0 Å². The van der Waals surface area contributed by atoms with Gasteiger partial charge in [-0.05, 0) is 19.3 Å². The van der Waals surface area contributed by atoms with E-state index in [4.69, 9.17) is 5.73 Å². The summed E-state index contributed by atoms with van der Waals surface area (Å²) in [6, 6.07) is 0. The van der Waals surface area contributed by atoms with Gasteiger partial charge in [-0.2, -0.15) is 5.10 Å². The number of nitrogens with zero attached hydrogens (tertiary/aromatic N) is 3. The number of aromatic nitrogens is 3. The average Bonchev–Trinajstić information content (AvgIpc) is 2.60. The van der Waals surface area contributed by atoms with E-state index in [1.165, 1.54) is 12.8 Å². The fourth-order valence-corrected chi connectivity index (χ4v) is 1.27. The predicted molar refractivity (Wildman–Crippen MR) is 45.5 cm³/mol. The van der Waals surface area contributed by atoms with E-state index >= 15 is 0 Å². The smallest absolute Gasteiger partial charge is 0.150 e. The molecular formula is C8H14N4. The molecule has 1 fully saturated rings. The third-order valence-electron chi connectivity index (χ3n) is 2.39. The lowest BCUT2D eigenvalue weighted by Crippen LogP contribution is -2.22. The standard InChI is InChI=1S/C8H14N4/c1-12-6-10-7(11-12)2-3-8(9)4-5-8/h6H,2-5,9H2,1H3. The van der Waals surface area contributed by atoms with Crippen LogP contribution in [-0.4, -0.2) is 20.3 Å². The quantitative estimate of drug-likeness (QED) is 0.699. The Morgan fingerprint density at radius 3 is 2.92 bits per heavy atom. The maximum Gasteiger partial charge on any atom is 0.150 e. The molecule has 0 spiro atoms. The van der Waals surface area contributed by atoms with Crippen molar-refractivity contribution in [2.45, 2.75) is 31.2 Å². The first-order chi connectivity index (χ1) is 5.68. The van der Waals surface area contributed by atoms with Crippen LogP contribution < -0.4 is 5.73 Å². The van der Waals surface area contributed by atoms with Crippen molar-refractivity contribution in [3.63, 3.8) is 0 Å². The molecule has 0 bridgehead atoms. The zero-order chi connectivity index (χ0) is 8.60. The maximum atomic E-state index is 5.94. The molecule has 1 saturated carbocycles. The highest BCUT2D eigenvalue weighted by molar-refractivity contribution is 5.00. The molecule has 1 aliphatic carbocycles. The Labute approximate surface area is 71.8 Å². The van der Waals surface area contributed by atoms with Gasteiger partial charge in [0.05, 0.1) is 0 Å². The number of hydrogen-bond donors (Lipinski definition) is 1. The highest BCUT2D eigenvalue weighted by Crippen LogP contribution is 2.36. The van der Waals surface area contributed by atoms with Crippen LogP contribution in [0, 0.1) is 0 Å². The minimum Gasteiger partial charge on any atom is -0.325 e. The predicted octanol–water partition coefficient (Wildman–Crippen LogP) is 0.239. The number of aryl methyl sites for hydroxylation is 2. The molecule has 1 aliphatic rings. The van der Waals surface area contributed by atoms with Gasteiger partial charge < -0.3 is 5.73 Å². The summed E-state index contributed by atoms with van der Waals surface area (Å²) in [6.07, 6.45) is 6.00. The topological polar surface area (TPSA) is 56.7 Å². The van der Waals surface area contributed by atoms with Crippen molar-refractivity contribution >= 4 is 0 Å². The fourth-order valence-electron chi connectivity index (χ4n) is 1.27. The second-order valence-electron chi connectivity index (χ2n) is 3.70. The van der Waals surface area contributed by atoms with Crippen molar-refractivity contribution in [1.29, 1.82) is 0 Å². The Balaban J connectivity index is 1.87. The summed E-state index contributed by atoms with van der Waals surface area (Å²) in [5.74, 6) is 0.911. The Morgan fingerprint density at radius 2 is 2.42 bits per heavy atom. The summed E-state index contributed by atoms with van der Waals surface area (Å²) in [4.78, 5) is 4.14. The Kier molecular flexibility index (Phi) is 1.65. The molecule has 0 aliphatic heterocycles. The van der Waals surface area contributed by atoms with Crippen molar-refractivity contribution in [2.75, 3.05) is 0 Å². The SMILES string of the molecule is Cn1cnc(CCC2(N)CC2)n1. The van der Waals surface area contributed by atoms with Crippen LogP contribution in [-0.2, 0) is 13.5 Å². The summed E-state index contributed by atoms with van der Waals surface area (Å²) < 4.78 is 1.73. The van der Waals surface area contributed by atoms with Gasteiger partial charge in [-0.3, -0.25) is 4.68 Å². The van der Waals surface area contributed by atoms with E-state index in [1.807, 2.05) is 7.05 Å². The molecule has 0 atom stereocenters. The van der Waals surface area contributed by atoms with Crippen molar-refractivity contribution in [3.8, 4) is 0 Å². The van der Waals surface area contributed by atoms with Crippen LogP contribution in [0.4, 0.5) is 0 Å². The summed E-state index contributed by atoms with van der Waals surface area (Å²) in [5, 5.41) is 4.19. The normalized spacial score (nSPS) is 19.5. The lowest BCUT2D eigenvalue weighted by molar-refractivity contribution is 0.592. The molecule has 1 aromatic heterocycles. The molecule has 2 N–H and O–H groups in total. The van der Waals surface area contributed by atoms with E-state index < -0.39 is 0 Å². The molecule has 4 nitrogen and oxygen atoms in total. The Hall–Kier alpha value is -0.900. The summed E-state index contributed by atoms with van der Waals surface area (Å²) >= 11 is 0. The average molecular weight is 166 g/mol. The van der Waals surface area contributed by atoms with Crippen LogP contribution in [0.25, 0.3) is 0 Å². The number of hydrogen-bond acceptors (Lipinski definition) is 3. The second-order valence-corrected chi connectivity index (χ2v) is 3.70. The Morgan fingerprint density at radius 1 is 1.67 bits per heavy atom. The monoisotopic (exact) mass is 166 g/mol. The van der Waals surface area contributed by atoms with Gasteiger partial charge in [0.1, 0.15) is 6.33 Å². The van der Waals surface area contributed by atoms with Gasteiger partial charge in [0.15, 0.2) is 5.82 Å². The highest BCUT2D eigenvalue weighted by Gasteiger charge is 2.37. The van der Waals surface area contributed by atoms with E-state index in [-0.39, 0.29) is 5.54 Å². The highest BCUT2D eigenvalue weighted by atomic mass is 15.3. The molecule has 1 aromatic rings. The van der Waals surface area contributed by atoms with Gasteiger partial charge in [-0.1, -0.05) is 0 Å². The third kappa shape index (κ3) is 1.64. The molecule has 2 rings (SSSR count). The van der Waals surface area contributed by atoms with E-state index in [1.54, 1.807) is 11.0 Å². The van der Waals surface area contributed by atoms with E-state index in [0.29, 0.717) is 0 Å². The molecule has 0 amide bonds. The summed E-state index contributed by atoms with van der Waals surface area (Å²) in [7, 11) is 1.88. The first-order valence-electron chi connectivity index (χ1n) is 4.31. The second kappa shape index (κ2) is 2.55. The van der Waals surface area contributed by atoms with Crippen molar-refractivity contribution in [3.05, 3.63) is 12.2 Å². The maximum absolute atomic E-state index is 5.94. The number of nitrogens with two attached hydrogens (primary N) is 1. The van der Waals surface area contributed by atoms with Crippen molar-refractivity contribution in [1.82, 2.24) is 14.8 Å². The molecule has 0 unspecified atom stereocenters. The molecule has 1 heterocycles. The summed E-state index contributed by atoms with van der Waals surface area (Å²) in [5.41, 5.74) is 6.06. The molecule has 0 saturated heterocycles. The van der Waals surface area contributed by atoms with Crippen molar-refractivity contribution in [2.24, 2.45) is 12.8 Å². The van der Waals surface area contributed by atoms with Crippen LogP contribution in [0.1, 0.15) is 25.1 Å². The fraction of sp³-hybridized carbons (Fsp3) is 0.750. The van der Waals surface area contributed by atoms with E-state index in [0.717, 1.165) is 18.7 Å². The molecule has 66 valence electrons. The molecule has 4 heteroatoms. The van der Waals surface area contributed by atoms with Gasteiger partial charge in [0.2, 0.25) is 0 Å². The lowest BCUT2D eigenvalue weighted by Gasteiger charge is -2.04. The van der Waals surface area contributed by atoms with Crippen LogP contribution in [0.5, 0.6) is 0 Å². The first-order valence-corrected chi connectivity index (χ1v) is 4.31.